The van der Waals surface area contributed by atoms with Crippen molar-refractivity contribution >= 4 is 27.5 Å². The monoisotopic (exact) mass is 218 g/mol. The van der Waals surface area contributed by atoms with Crippen LogP contribution in [0.4, 0.5) is 0 Å². The number of nitriles is 1. The minimum absolute atomic E-state index is 0.378. The smallest absolute Gasteiger partial charge is 0.348 e. The first-order valence-electron chi connectivity index (χ1n) is 4.12. The van der Waals surface area contributed by atoms with Crippen molar-refractivity contribution in [1.29, 1.82) is 5.26 Å². The Balaban J connectivity index is 2.57. The average Bonchev–Trinajstić information content (AvgIpc) is 2.70. The van der Waals surface area contributed by atoms with Crippen LogP contribution in [-0.4, -0.2) is 18.1 Å². The van der Waals surface area contributed by atoms with Gasteiger partial charge in [0.1, 0.15) is 10.9 Å². The summed E-state index contributed by atoms with van der Waals surface area (Å²) in [5.41, 5.74) is 1.19. The van der Waals surface area contributed by atoms with Crippen LogP contribution in [0.25, 0.3) is 10.2 Å². The van der Waals surface area contributed by atoms with E-state index in [1.165, 1.54) is 24.6 Å². The van der Waals surface area contributed by atoms with Gasteiger partial charge < -0.3 is 4.74 Å². The van der Waals surface area contributed by atoms with Gasteiger partial charge in [-0.15, -0.1) is 11.3 Å². The highest BCUT2D eigenvalue weighted by Crippen LogP contribution is 2.25. The van der Waals surface area contributed by atoms with Crippen LogP contribution in [0, 0.1) is 11.3 Å². The Morgan fingerprint density at radius 2 is 2.40 bits per heavy atom. The van der Waals surface area contributed by atoms with Crippen molar-refractivity contribution in [3.05, 3.63) is 28.8 Å². The second-order valence-corrected chi connectivity index (χ2v) is 3.91. The van der Waals surface area contributed by atoms with Crippen molar-refractivity contribution in [3.63, 3.8) is 0 Å². The van der Waals surface area contributed by atoms with Crippen LogP contribution in [0.5, 0.6) is 0 Å². The second kappa shape index (κ2) is 3.67. The predicted octanol–water partition coefficient (Wildman–Crippen LogP) is 1.95. The van der Waals surface area contributed by atoms with Crippen LogP contribution in [0.2, 0.25) is 0 Å². The molecule has 74 valence electrons. The summed E-state index contributed by atoms with van der Waals surface area (Å²) in [6, 6.07) is 5.37. The number of hydrogen-bond acceptors (Lipinski definition) is 5. The molecule has 2 rings (SSSR count). The van der Waals surface area contributed by atoms with Crippen molar-refractivity contribution in [2.24, 2.45) is 0 Å². The molecule has 0 spiro atoms. The van der Waals surface area contributed by atoms with Crippen LogP contribution in [-0.2, 0) is 4.74 Å². The summed E-state index contributed by atoms with van der Waals surface area (Å²) < 4.78 is 5.42. The van der Waals surface area contributed by atoms with E-state index in [1.54, 1.807) is 12.1 Å². The topological polar surface area (TPSA) is 63.0 Å². The van der Waals surface area contributed by atoms with Gasteiger partial charge in [-0.05, 0) is 12.1 Å². The lowest BCUT2D eigenvalue weighted by atomic mass is 10.3. The molecule has 0 aliphatic carbocycles. The number of nitrogens with zero attached hydrogens (tertiary/aromatic N) is 2. The Morgan fingerprint density at radius 3 is 3.07 bits per heavy atom. The van der Waals surface area contributed by atoms with Gasteiger partial charge in [-0.1, -0.05) is 0 Å². The normalized spacial score (nSPS) is 9.87. The highest BCUT2D eigenvalue weighted by molar-refractivity contribution is 7.20. The third-order valence-electron chi connectivity index (χ3n) is 1.89. The summed E-state index contributed by atoms with van der Waals surface area (Å²) in [7, 11) is 1.33. The lowest BCUT2D eigenvalue weighted by Crippen LogP contribution is -1.96. The molecule has 0 atom stereocenters. The molecule has 0 amide bonds. The van der Waals surface area contributed by atoms with Crippen LogP contribution in [0.1, 0.15) is 15.2 Å². The van der Waals surface area contributed by atoms with Crippen LogP contribution in [0.3, 0.4) is 0 Å². The van der Waals surface area contributed by atoms with Gasteiger partial charge >= 0.3 is 5.97 Å². The van der Waals surface area contributed by atoms with Crippen molar-refractivity contribution in [2.75, 3.05) is 7.11 Å². The lowest BCUT2D eigenvalue weighted by Gasteiger charge is -1.90. The number of ether oxygens (including phenoxy) is 1. The molecule has 0 saturated carbocycles. The maximum atomic E-state index is 11.2. The molecule has 0 aliphatic heterocycles. The van der Waals surface area contributed by atoms with E-state index in [0.717, 1.165) is 4.70 Å². The molecule has 4 nitrogen and oxygen atoms in total. The van der Waals surface area contributed by atoms with Crippen LogP contribution in [0.15, 0.2) is 18.3 Å². The summed E-state index contributed by atoms with van der Waals surface area (Å²) in [5.74, 6) is -0.378. The molecule has 0 aliphatic rings. The number of carbonyl (C=O) groups excluding carboxylic acids is 1. The summed E-state index contributed by atoms with van der Waals surface area (Å²) in [6.07, 6.45) is 1.48. The molecule has 0 unspecified atom stereocenters. The zero-order valence-corrected chi connectivity index (χ0v) is 8.67. The van der Waals surface area contributed by atoms with Crippen LogP contribution < -0.4 is 0 Å². The summed E-state index contributed by atoms with van der Waals surface area (Å²) in [6.45, 7) is 0. The van der Waals surface area contributed by atoms with E-state index in [0.29, 0.717) is 16.0 Å². The van der Waals surface area contributed by atoms with Gasteiger partial charge in [0.25, 0.3) is 0 Å². The highest BCUT2D eigenvalue weighted by atomic mass is 32.1. The van der Waals surface area contributed by atoms with E-state index in [2.05, 4.69) is 9.72 Å². The molecule has 0 N–H and O–H groups in total. The number of pyridine rings is 1. The van der Waals surface area contributed by atoms with Gasteiger partial charge in [0.05, 0.1) is 22.9 Å². The number of carbonyl (C=O) groups is 1. The fourth-order valence-corrected chi connectivity index (χ4v) is 2.16. The van der Waals surface area contributed by atoms with Gasteiger partial charge in [-0.25, -0.2) is 4.79 Å². The maximum absolute atomic E-state index is 11.2. The van der Waals surface area contributed by atoms with Gasteiger partial charge in [0.15, 0.2) is 0 Å². The molecule has 2 aromatic heterocycles. The van der Waals surface area contributed by atoms with Gasteiger partial charge in [-0.3, -0.25) is 4.98 Å². The molecule has 0 radical (unpaired) electrons. The number of hydrogen-bond donors (Lipinski definition) is 0. The zero-order valence-electron chi connectivity index (χ0n) is 7.85. The first kappa shape index (κ1) is 9.62. The van der Waals surface area contributed by atoms with Gasteiger partial charge in [0.2, 0.25) is 0 Å². The Morgan fingerprint density at radius 1 is 1.60 bits per heavy atom. The lowest BCUT2D eigenvalue weighted by molar-refractivity contribution is 0.0606. The number of rotatable bonds is 1. The van der Waals surface area contributed by atoms with E-state index >= 15 is 0 Å². The van der Waals surface area contributed by atoms with Crippen molar-refractivity contribution in [1.82, 2.24) is 4.98 Å². The standard InChI is InChI=1S/C10H6N2O2S/c1-14-10(13)9-3-7-8(15-9)2-6(4-11)5-12-7/h2-3,5H,1H3. The molecule has 5 heteroatoms. The minimum atomic E-state index is -0.378. The molecule has 0 aromatic carbocycles. The first-order chi connectivity index (χ1) is 7.24. The van der Waals surface area contributed by atoms with Crippen molar-refractivity contribution in [2.45, 2.75) is 0 Å². The van der Waals surface area contributed by atoms with Crippen molar-refractivity contribution < 1.29 is 9.53 Å². The first-order valence-corrected chi connectivity index (χ1v) is 4.94. The summed E-state index contributed by atoms with van der Waals surface area (Å²) in [5, 5.41) is 8.68. The third kappa shape index (κ3) is 1.67. The van der Waals surface area contributed by atoms with Crippen molar-refractivity contribution in [3.8, 4) is 6.07 Å². The molecule has 15 heavy (non-hydrogen) atoms. The SMILES string of the molecule is COC(=O)c1cc2ncc(C#N)cc2s1. The molecular formula is C10H6N2O2S. The Bertz CT molecular complexity index is 568. The quantitative estimate of drug-likeness (QED) is 0.686. The predicted molar refractivity (Wildman–Crippen MR) is 55.7 cm³/mol. The molecule has 2 aromatic rings. The molecule has 0 saturated heterocycles. The summed E-state index contributed by atoms with van der Waals surface area (Å²) in [4.78, 5) is 15.8. The second-order valence-electron chi connectivity index (χ2n) is 2.82. The average molecular weight is 218 g/mol. The molecular weight excluding hydrogens is 212 g/mol. The zero-order chi connectivity index (χ0) is 10.8. The van der Waals surface area contributed by atoms with E-state index < -0.39 is 0 Å². The number of thiophene rings is 1. The number of esters is 1. The van der Waals surface area contributed by atoms with E-state index in [4.69, 9.17) is 5.26 Å². The minimum Gasteiger partial charge on any atom is -0.465 e. The number of methoxy groups -OCH3 is 1. The Hall–Kier alpha value is -1.93. The maximum Gasteiger partial charge on any atom is 0.348 e. The number of aromatic nitrogens is 1. The highest BCUT2D eigenvalue weighted by Gasteiger charge is 2.11. The van der Waals surface area contributed by atoms with Gasteiger partial charge in [0, 0.05) is 6.20 Å². The number of fused-ring (bicyclic) bond motifs is 1. The molecule has 0 fully saturated rings. The fraction of sp³-hybridized carbons (Fsp3) is 0.100. The van der Waals surface area contributed by atoms with E-state index in [1.807, 2.05) is 6.07 Å². The van der Waals surface area contributed by atoms with E-state index in [9.17, 15) is 4.79 Å². The van der Waals surface area contributed by atoms with Gasteiger partial charge in [-0.2, -0.15) is 5.26 Å². The molecule has 2 heterocycles. The Labute approximate surface area is 89.7 Å². The Kier molecular flexibility index (Phi) is 2.35. The van der Waals surface area contributed by atoms with E-state index in [-0.39, 0.29) is 5.97 Å². The molecule has 0 bridgehead atoms. The largest absolute Gasteiger partial charge is 0.465 e. The summed E-state index contributed by atoms with van der Waals surface area (Å²) >= 11 is 1.27. The third-order valence-corrected chi connectivity index (χ3v) is 2.94. The fourth-order valence-electron chi connectivity index (χ4n) is 1.18. The van der Waals surface area contributed by atoms with Crippen LogP contribution >= 0.6 is 11.3 Å².